The van der Waals surface area contributed by atoms with E-state index < -0.39 is 0 Å². The minimum absolute atomic E-state index is 0.387. The van der Waals surface area contributed by atoms with Crippen LogP contribution >= 0.6 is 27.3 Å². The molecule has 78 valence electrons. The number of rotatable bonds is 4. The van der Waals surface area contributed by atoms with Crippen LogP contribution < -0.4 is 5.32 Å². The second-order valence-corrected chi connectivity index (χ2v) is 5.62. The Morgan fingerprint density at radius 3 is 2.79 bits per heavy atom. The molecule has 0 radical (unpaired) electrons. The molecule has 14 heavy (non-hydrogen) atoms. The lowest BCUT2D eigenvalue weighted by molar-refractivity contribution is 0.284. The van der Waals surface area contributed by atoms with Crippen LogP contribution in [-0.4, -0.2) is 36.1 Å². The average Bonchev–Trinajstić information content (AvgIpc) is 2.82. The molecule has 3 nitrogen and oxygen atoms in total. The van der Waals surface area contributed by atoms with Gasteiger partial charge in [0.25, 0.3) is 0 Å². The standard InChI is InChI=1S/C9H14BrN3S/c1-13(2)9(3-4-9)6-11-8-12-7(10)5-14-8/h5H,3-4,6H2,1-2H3,(H,11,12). The van der Waals surface area contributed by atoms with Gasteiger partial charge in [-0.25, -0.2) is 4.98 Å². The highest BCUT2D eigenvalue weighted by atomic mass is 79.9. The van der Waals surface area contributed by atoms with Crippen molar-refractivity contribution in [3.8, 4) is 0 Å². The summed E-state index contributed by atoms with van der Waals surface area (Å²) in [4.78, 5) is 6.61. The Morgan fingerprint density at radius 2 is 2.36 bits per heavy atom. The molecule has 1 N–H and O–H groups in total. The molecule has 0 atom stereocenters. The van der Waals surface area contributed by atoms with E-state index in [0.717, 1.165) is 16.3 Å². The summed E-state index contributed by atoms with van der Waals surface area (Å²) < 4.78 is 0.916. The SMILES string of the molecule is CN(C)C1(CNc2nc(Br)cs2)CC1. The fraction of sp³-hybridized carbons (Fsp3) is 0.667. The van der Waals surface area contributed by atoms with Crippen LogP contribution in [0.2, 0.25) is 0 Å². The highest BCUT2D eigenvalue weighted by molar-refractivity contribution is 9.10. The summed E-state index contributed by atoms with van der Waals surface area (Å²) >= 11 is 4.99. The van der Waals surface area contributed by atoms with E-state index in [2.05, 4.69) is 45.2 Å². The van der Waals surface area contributed by atoms with Crippen LogP contribution in [-0.2, 0) is 0 Å². The van der Waals surface area contributed by atoms with E-state index in [-0.39, 0.29) is 0 Å². The fourth-order valence-corrected chi connectivity index (χ4v) is 2.65. The molecule has 2 rings (SSSR count). The predicted molar refractivity (Wildman–Crippen MR) is 64.0 cm³/mol. The van der Waals surface area contributed by atoms with Gasteiger partial charge in [-0.2, -0.15) is 0 Å². The lowest BCUT2D eigenvalue weighted by atomic mass is 10.2. The zero-order valence-electron chi connectivity index (χ0n) is 8.38. The third-order valence-electron chi connectivity index (χ3n) is 2.82. The maximum absolute atomic E-state index is 4.31. The van der Waals surface area contributed by atoms with Crippen molar-refractivity contribution in [2.24, 2.45) is 0 Å². The maximum atomic E-state index is 4.31. The van der Waals surface area contributed by atoms with E-state index in [1.165, 1.54) is 12.8 Å². The number of nitrogens with zero attached hydrogens (tertiary/aromatic N) is 2. The molecule has 0 unspecified atom stereocenters. The molecule has 0 amide bonds. The summed E-state index contributed by atoms with van der Waals surface area (Å²) in [6.45, 7) is 1.000. The molecule has 1 aromatic rings. The molecule has 0 bridgehead atoms. The highest BCUT2D eigenvalue weighted by Crippen LogP contribution is 2.40. The Bertz CT molecular complexity index is 320. The Hall–Kier alpha value is -0.130. The topological polar surface area (TPSA) is 28.2 Å². The van der Waals surface area contributed by atoms with Gasteiger partial charge in [0.15, 0.2) is 5.13 Å². The molecule has 0 aliphatic heterocycles. The first-order valence-corrected chi connectivity index (χ1v) is 6.32. The molecule has 0 spiro atoms. The molecule has 1 aromatic heterocycles. The lowest BCUT2D eigenvalue weighted by Gasteiger charge is -2.23. The first-order valence-electron chi connectivity index (χ1n) is 4.65. The van der Waals surface area contributed by atoms with E-state index in [1.54, 1.807) is 11.3 Å². The number of aromatic nitrogens is 1. The van der Waals surface area contributed by atoms with E-state index in [0.29, 0.717) is 5.54 Å². The zero-order valence-corrected chi connectivity index (χ0v) is 10.8. The number of hydrogen-bond acceptors (Lipinski definition) is 4. The third-order valence-corrected chi connectivity index (χ3v) is 4.33. The number of nitrogens with one attached hydrogen (secondary N) is 1. The average molecular weight is 276 g/mol. The quantitative estimate of drug-likeness (QED) is 0.915. The molecule has 1 saturated carbocycles. The summed E-state index contributed by atoms with van der Waals surface area (Å²) in [5.41, 5.74) is 0.387. The molecule has 1 aliphatic carbocycles. The Morgan fingerprint density at radius 1 is 1.64 bits per heavy atom. The van der Waals surface area contributed by atoms with Gasteiger partial charge in [-0.05, 0) is 42.9 Å². The fourth-order valence-electron chi connectivity index (χ4n) is 1.50. The van der Waals surface area contributed by atoms with E-state index in [9.17, 15) is 0 Å². The first kappa shape index (κ1) is 10.4. The van der Waals surface area contributed by atoms with Gasteiger partial charge in [0.2, 0.25) is 0 Å². The van der Waals surface area contributed by atoms with Crippen molar-refractivity contribution in [3.63, 3.8) is 0 Å². The number of hydrogen-bond donors (Lipinski definition) is 1. The molecule has 1 heterocycles. The minimum atomic E-state index is 0.387. The van der Waals surface area contributed by atoms with E-state index in [1.807, 2.05) is 5.38 Å². The summed E-state index contributed by atoms with van der Waals surface area (Å²) in [6.07, 6.45) is 2.58. The molecule has 0 aromatic carbocycles. The summed E-state index contributed by atoms with van der Waals surface area (Å²) in [5.74, 6) is 0. The normalized spacial score (nSPS) is 18.6. The first-order chi connectivity index (χ1) is 6.62. The molecular formula is C9H14BrN3S. The minimum Gasteiger partial charge on any atom is -0.360 e. The molecule has 1 fully saturated rings. The lowest BCUT2D eigenvalue weighted by Crippen LogP contribution is -2.36. The van der Waals surface area contributed by atoms with E-state index in [4.69, 9.17) is 0 Å². The van der Waals surface area contributed by atoms with Gasteiger partial charge in [0, 0.05) is 17.5 Å². The number of anilines is 1. The van der Waals surface area contributed by atoms with Crippen molar-refractivity contribution >= 4 is 32.4 Å². The van der Waals surface area contributed by atoms with Crippen molar-refractivity contribution in [2.75, 3.05) is 26.0 Å². The number of thiazole rings is 1. The van der Waals surface area contributed by atoms with Gasteiger partial charge < -0.3 is 10.2 Å². The Balaban J connectivity index is 1.89. The second kappa shape index (κ2) is 3.79. The number of halogens is 1. The van der Waals surface area contributed by atoms with Crippen LogP contribution in [0.15, 0.2) is 9.98 Å². The number of likely N-dealkylation sites (N-methyl/N-ethyl adjacent to an activating group) is 1. The highest BCUT2D eigenvalue weighted by Gasteiger charge is 2.44. The maximum Gasteiger partial charge on any atom is 0.183 e. The summed E-state index contributed by atoms with van der Waals surface area (Å²) in [6, 6.07) is 0. The van der Waals surface area contributed by atoms with Gasteiger partial charge in [0.05, 0.1) is 0 Å². The Labute approximate surface area is 96.7 Å². The monoisotopic (exact) mass is 275 g/mol. The van der Waals surface area contributed by atoms with Crippen LogP contribution in [0.3, 0.4) is 0 Å². The second-order valence-electron chi connectivity index (χ2n) is 3.95. The predicted octanol–water partition coefficient (Wildman–Crippen LogP) is 2.41. The third kappa shape index (κ3) is 2.10. The summed E-state index contributed by atoms with van der Waals surface area (Å²) in [7, 11) is 4.29. The van der Waals surface area contributed by atoms with Crippen LogP contribution in [0.4, 0.5) is 5.13 Å². The molecule has 0 saturated heterocycles. The van der Waals surface area contributed by atoms with Gasteiger partial charge in [-0.15, -0.1) is 11.3 Å². The smallest absolute Gasteiger partial charge is 0.183 e. The van der Waals surface area contributed by atoms with Crippen LogP contribution in [0.1, 0.15) is 12.8 Å². The van der Waals surface area contributed by atoms with Crippen molar-refractivity contribution < 1.29 is 0 Å². The van der Waals surface area contributed by atoms with Crippen molar-refractivity contribution in [2.45, 2.75) is 18.4 Å². The van der Waals surface area contributed by atoms with Gasteiger partial charge in [0.1, 0.15) is 4.60 Å². The largest absolute Gasteiger partial charge is 0.360 e. The van der Waals surface area contributed by atoms with Crippen molar-refractivity contribution in [1.82, 2.24) is 9.88 Å². The molecular weight excluding hydrogens is 262 g/mol. The molecule has 5 heteroatoms. The molecule has 1 aliphatic rings. The van der Waals surface area contributed by atoms with Crippen molar-refractivity contribution in [1.29, 1.82) is 0 Å². The van der Waals surface area contributed by atoms with Gasteiger partial charge in [-0.3, -0.25) is 0 Å². The van der Waals surface area contributed by atoms with E-state index >= 15 is 0 Å². The zero-order chi connectivity index (χ0) is 10.2. The van der Waals surface area contributed by atoms with Crippen LogP contribution in [0.5, 0.6) is 0 Å². The van der Waals surface area contributed by atoms with Gasteiger partial charge in [-0.1, -0.05) is 0 Å². The van der Waals surface area contributed by atoms with Crippen LogP contribution in [0.25, 0.3) is 0 Å². The summed E-state index contributed by atoms with van der Waals surface area (Å²) in [5, 5.41) is 6.39. The van der Waals surface area contributed by atoms with Crippen molar-refractivity contribution in [3.05, 3.63) is 9.98 Å². The van der Waals surface area contributed by atoms with Gasteiger partial charge >= 0.3 is 0 Å². The van der Waals surface area contributed by atoms with Crippen LogP contribution in [0, 0.1) is 0 Å². The Kier molecular flexibility index (Phi) is 2.81.